The summed E-state index contributed by atoms with van der Waals surface area (Å²) in [6.07, 6.45) is 0.623. The lowest BCUT2D eigenvalue weighted by Crippen LogP contribution is -2.30. The highest BCUT2D eigenvalue weighted by molar-refractivity contribution is 7.98. The van der Waals surface area contributed by atoms with Crippen LogP contribution in [0, 0.1) is 6.92 Å². The van der Waals surface area contributed by atoms with Crippen molar-refractivity contribution >= 4 is 17.7 Å². The molecule has 0 spiro atoms. The Kier molecular flexibility index (Phi) is 8.33. The summed E-state index contributed by atoms with van der Waals surface area (Å²) in [7, 11) is 3.17. The Morgan fingerprint density at radius 3 is 2.50 bits per heavy atom. The smallest absolute Gasteiger partial charge is 0.255 e. The maximum absolute atomic E-state index is 12.5. The number of nitrogens with one attached hydrogen (secondary N) is 2. The molecule has 1 aromatic heterocycles. The molecular formula is C24H27N3O4S. The summed E-state index contributed by atoms with van der Waals surface area (Å²) in [6.45, 7) is 2.21. The Morgan fingerprint density at radius 1 is 1.06 bits per heavy atom. The van der Waals surface area contributed by atoms with Crippen LogP contribution >= 0.6 is 11.8 Å². The lowest BCUT2D eigenvalue weighted by atomic mass is 10.1. The predicted octanol–water partition coefficient (Wildman–Crippen LogP) is 3.29. The van der Waals surface area contributed by atoms with Crippen LogP contribution in [-0.2, 0) is 23.4 Å². The standard InChI is InChI=1S/C24H27N3O4S/c1-16-19(23(29)27-24(26-16)32-15-18-7-5-4-6-8-18)14-22(28)25-12-11-17-9-10-20(30-2)21(13-17)31-3/h4-10,13H,11-12,14-15H2,1-3H3,(H,25,28)(H,26,27,29). The van der Waals surface area contributed by atoms with Crippen molar-refractivity contribution in [1.82, 2.24) is 15.3 Å². The predicted molar refractivity (Wildman–Crippen MR) is 126 cm³/mol. The highest BCUT2D eigenvalue weighted by Crippen LogP contribution is 2.27. The summed E-state index contributed by atoms with van der Waals surface area (Å²) in [6, 6.07) is 15.6. The van der Waals surface area contributed by atoms with Crippen LogP contribution in [0.5, 0.6) is 11.5 Å². The number of ether oxygens (including phenoxy) is 2. The first-order valence-electron chi connectivity index (χ1n) is 10.2. The van der Waals surface area contributed by atoms with Gasteiger partial charge >= 0.3 is 0 Å². The minimum absolute atomic E-state index is 0.0102. The number of aromatic nitrogens is 2. The average Bonchev–Trinajstić information content (AvgIpc) is 2.80. The van der Waals surface area contributed by atoms with Gasteiger partial charge in [0, 0.05) is 23.6 Å². The van der Waals surface area contributed by atoms with Crippen LogP contribution in [0.15, 0.2) is 58.5 Å². The molecule has 0 saturated carbocycles. The van der Waals surface area contributed by atoms with E-state index in [1.165, 1.54) is 11.8 Å². The van der Waals surface area contributed by atoms with E-state index in [1.807, 2.05) is 48.5 Å². The molecule has 1 amide bonds. The Hall–Kier alpha value is -3.26. The van der Waals surface area contributed by atoms with Crippen LogP contribution in [0.3, 0.4) is 0 Å². The molecule has 0 unspecified atom stereocenters. The highest BCUT2D eigenvalue weighted by atomic mass is 32.2. The first kappa shape index (κ1) is 23.4. The first-order chi connectivity index (χ1) is 15.5. The molecule has 0 saturated heterocycles. The van der Waals surface area contributed by atoms with Gasteiger partial charge in [-0.3, -0.25) is 9.59 Å². The number of carbonyl (C=O) groups excluding carboxylic acids is 1. The molecule has 0 radical (unpaired) electrons. The third-order valence-corrected chi connectivity index (χ3v) is 5.88. The highest BCUT2D eigenvalue weighted by Gasteiger charge is 2.13. The summed E-state index contributed by atoms with van der Waals surface area (Å²) in [5.41, 5.74) is 2.84. The molecule has 0 aliphatic rings. The number of carbonyl (C=O) groups is 1. The second-order valence-corrected chi connectivity index (χ2v) is 8.14. The molecule has 32 heavy (non-hydrogen) atoms. The molecule has 0 bridgehead atoms. The van der Waals surface area contributed by atoms with Gasteiger partial charge in [-0.1, -0.05) is 48.2 Å². The van der Waals surface area contributed by atoms with E-state index in [4.69, 9.17) is 9.47 Å². The van der Waals surface area contributed by atoms with Gasteiger partial charge < -0.3 is 19.8 Å². The SMILES string of the molecule is COc1ccc(CCNC(=O)Cc2c(C)nc(SCc3ccccc3)[nH]c2=O)cc1OC. The number of methoxy groups -OCH3 is 2. The minimum Gasteiger partial charge on any atom is -0.493 e. The van der Waals surface area contributed by atoms with E-state index in [9.17, 15) is 9.59 Å². The Labute approximate surface area is 191 Å². The van der Waals surface area contributed by atoms with Crippen molar-refractivity contribution < 1.29 is 14.3 Å². The molecule has 0 aliphatic carbocycles. The Morgan fingerprint density at radius 2 is 1.81 bits per heavy atom. The number of benzene rings is 2. The second-order valence-electron chi connectivity index (χ2n) is 7.18. The molecule has 3 rings (SSSR count). The van der Waals surface area contributed by atoms with Gasteiger partial charge in [-0.05, 0) is 36.6 Å². The normalized spacial score (nSPS) is 10.6. The van der Waals surface area contributed by atoms with Gasteiger partial charge in [-0.15, -0.1) is 0 Å². The van der Waals surface area contributed by atoms with Gasteiger partial charge in [0.2, 0.25) is 5.91 Å². The van der Waals surface area contributed by atoms with Crippen molar-refractivity contribution in [2.24, 2.45) is 0 Å². The summed E-state index contributed by atoms with van der Waals surface area (Å²) < 4.78 is 10.5. The van der Waals surface area contributed by atoms with Crippen molar-refractivity contribution in [3.05, 3.63) is 81.3 Å². The van der Waals surface area contributed by atoms with E-state index >= 15 is 0 Å². The van der Waals surface area contributed by atoms with E-state index in [0.717, 1.165) is 11.1 Å². The fourth-order valence-electron chi connectivity index (χ4n) is 3.19. The van der Waals surface area contributed by atoms with E-state index in [0.29, 0.717) is 46.6 Å². The third kappa shape index (κ3) is 6.37. The number of H-pyrrole nitrogens is 1. The largest absolute Gasteiger partial charge is 0.493 e. The van der Waals surface area contributed by atoms with Crippen LogP contribution in [0.4, 0.5) is 0 Å². The quantitative estimate of drug-likeness (QED) is 0.361. The molecule has 7 nitrogen and oxygen atoms in total. The lowest BCUT2D eigenvalue weighted by Gasteiger charge is -2.10. The fraction of sp³-hybridized carbons (Fsp3) is 0.292. The van der Waals surface area contributed by atoms with Crippen molar-refractivity contribution in [2.75, 3.05) is 20.8 Å². The van der Waals surface area contributed by atoms with E-state index in [1.54, 1.807) is 21.1 Å². The maximum atomic E-state index is 12.5. The number of thioether (sulfide) groups is 1. The third-order valence-electron chi connectivity index (χ3n) is 4.94. The topological polar surface area (TPSA) is 93.3 Å². The molecule has 1 heterocycles. The first-order valence-corrected chi connectivity index (χ1v) is 11.2. The zero-order chi connectivity index (χ0) is 22.9. The average molecular weight is 454 g/mol. The van der Waals surface area contributed by atoms with E-state index in [-0.39, 0.29) is 17.9 Å². The molecular weight excluding hydrogens is 426 g/mol. The molecule has 0 fully saturated rings. The summed E-state index contributed by atoms with van der Waals surface area (Å²) in [4.78, 5) is 32.2. The Bertz CT molecular complexity index is 1120. The lowest BCUT2D eigenvalue weighted by molar-refractivity contribution is -0.120. The molecule has 0 aliphatic heterocycles. The summed E-state index contributed by atoms with van der Waals surface area (Å²) in [5.74, 6) is 1.80. The minimum atomic E-state index is -0.275. The van der Waals surface area contributed by atoms with Crippen molar-refractivity contribution in [1.29, 1.82) is 0 Å². The monoisotopic (exact) mass is 453 g/mol. The number of hydrogen-bond donors (Lipinski definition) is 2. The number of aryl methyl sites for hydroxylation is 1. The summed E-state index contributed by atoms with van der Waals surface area (Å²) in [5, 5.41) is 3.41. The summed E-state index contributed by atoms with van der Waals surface area (Å²) >= 11 is 1.46. The molecule has 8 heteroatoms. The zero-order valence-electron chi connectivity index (χ0n) is 18.4. The number of hydrogen-bond acceptors (Lipinski definition) is 6. The number of aromatic amines is 1. The van der Waals surface area contributed by atoms with Gasteiger partial charge in [0.15, 0.2) is 16.7 Å². The van der Waals surface area contributed by atoms with Gasteiger partial charge in [0.05, 0.1) is 20.6 Å². The van der Waals surface area contributed by atoms with Crippen molar-refractivity contribution in [3.63, 3.8) is 0 Å². The molecule has 168 valence electrons. The van der Waals surface area contributed by atoms with Crippen molar-refractivity contribution in [3.8, 4) is 11.5 Å². The maximum Gasteiger partial charge on any atom is 0.255 e. The Balaban J connectivity index is 1.54. The van der Waals surface area contributed by atoms with Crippen LogP contribution in [-0.4, -0.2) is 36.6 Å². The van der Waals surface area contributed by atoms with Crippen LogP contribution in [0.2, 0.25) is 0 Å². The fourth-order valence-corrected chi connectivity index (χ4v) is 4.05. The molecule has 2 N–H and O–H groups in total. The van der Waals surface area contributed by atoms with Gasteiger partial charge in [-0.2, -0.15) is 0 Å². The van der Waals surface area contributed by atoms with E-state index in [2.05, 4.69) is 15.3 Å². The van der Waals surface area contributed by atoms with Crippen molar-refractivity contribution in [2.45, 2.75) is 30.7 Å². The van der Waals surface area contributed by atoms with Gasteiger partial charge in [0.1, 0.15) is 0 Å². The van der Waals surface area contributed by atoms with Crippen LogP contribution < -0.4 is 20.3 Å². The van der Waals surface area contributed by atoms with Crippen LogP contribution in [0.25, 0.3) is 0 Å². The van der Waals surface area contributed by atoms with E-state index < -0.39 is 0 Å². The number of amides is 1. The number of nitrogens with zero attached hydrogens (tertiary/aromatic N) is 1. The zero-order valence-corrected chi connectivity index (χ0v) is 19.3. The van der Waals surface area contributed by atoms with Gasteiger partial charge in [-0.25, -0.2) is 4.98 Å². The molecule has 3 aromatic rings. The molecule has 2 aromatic carbocycles. The number of rotatable bonds is 10. The second kappa shape index (κ2) is 11.4. The van der Waals surface area contributed by atoms with Crippen LogP contribution in [0.1, 0.15) is 22.4 Å². The van der Waals surface area contributed by atoms with Gasteiger partial charge in [0.25, 0.3) is 5.56 Å². The molecule has 0 atom stereocenters.